The molecule has 1 atom stereocenters. The third-order valence-electron chi connectivity index (χ3n) is 2.85. The van der Waals surface area contributed by atoms with Crippen LogP contribution in [0.2, 0.25) is 0 Å². The minimum atomic E-state index is -0.572. The Morgan fingerprint density at radius 3 is 2.95 bits per heavy atom. The fourth-order valence-electron chi connectivity index (χ4n) is 1.84. The van der Waals surface area contributed by atoms with Gasteiger partial charge in [0.1, 0.15) is 5.82 Å². The first-order chi connectivity index (χ1) is 9.56. The van der Waals surface area contributed by atoms with Crippen LogP contribution >= 0.6 is 0 Å². The van der Waals surface area contributed by atoms with Crippen LogP contribution in [-0.4, -0.2) is 33.6 Å². The average Bonchev–Trinajstić information content (AvgIpc) is 2.43. The Morgan fingerprint density at radius 2 is 2.20 bits per heavy atom. The Morgan fingerprint density at radius 1 is 1.45 bits per heavy atom. The maximum absolute atomic E-state index is 11.8. The van der Waals surface area contributed by atoms with E-state index in [-0.39, 0.29) is 24.4 Å². The Balaban J connectivity index is 2.03. The minimum Gasteiger partial charge on any atom is -0.392 e. The van der Waals surface area contributed by atoms with Gasteiger partial charge in [0.2, 0.25) is 5.91 Å². The van der Waals surface area contributed by atoms with Crippen LogP contribution in [0.25, 0.3) is 10.9 Å². The molecule has 3 N–H and O–H groups in total. The first kappa shape index (κ1) is 14.2. The number of nitrogens with zero attached hydrogens (tertiary/aromatic N) is 1. The Bertz CT molecular complexity index is 664. The van der Waals surface area contributed by atoms with Crippen molar-refractivity contribution >= 4 is 16.8 Å². The van der Waals surface area contributed by atoms with Crippen molar-refractivity contribution in [3.05, 3.63) is 40.4 Å². The lowest BCUT2D eigenvalue weighted by molar-refractivity contribution is -0.121. The van der Waals surface area contributed by atoms with Crippen LogP contribution < -0.4 is 10.9 Å². The molecule has 0 saturated carbocycles. The molecular weight excluding hydrogens is 258 g/mol. The minimum absolute atomic E-state index is 0.179. The van der Waals surface area contributed by atoms with E-state index in [1.165, 1.54) is 0 Å². The fraction of sp³-hybridized carbons (Fsp3) is 0.357. The van der Waals surface area contributed by atoms with Gasteiger partial charge in [-0.1, -0.05) is 12.1 Å². The number of aliphatic hydroxyl groups excluding tert-OH is 1. The van der Waals surface area contributed by atoms with Gasteiger partial charge in [-0.05, 0) is 19.1 Å². The van der Waals surface area contributed by atoms with Gasteiger partial charge in [0.15, 0.2) is 0 Å². The highest BCUT2D eigenvalue weighted by molar-refractivity contribution is 5.78. The van der Waals surface area contributed by atoms with Gasteiger partial charge in [0, 0.05) is 19.4 Å². The van der Waals surface area contributed by atoms with E-state index in [2.05, 4.69) is 15.3 Å². The van der Waals surface area contributed by atoms with Gasteiger partial charge >= 0.3 is 0 Å². The number of nitrogens with one attached hydrogen (secondary N) is 2. The third kappa shape index (κ3) is 3.64. The number of H-pyrrole nitrogens is 1. The number of aromatic amines is 1. The number of amides is 1. The van der Waals surface area contributed by atoms with Gasteiger partial charge in [-0.25, -0.2) is 4.98 Å². The lowest BCUT2D eigenvalue weighted by atomic mass is 10.2. The topological polar surface area (TPSA) is 95.1 Å². The number of carbonyl (C=O) groups excluding carboxylic acids is 1. The fourth-order valence-corrected chi connectivity index (χ4v) is 1.84. The summed E-state index contributed by atoms with van der Waals surface area (Å²) in [6, 6.07) is 7.07. The van der Waals surface area contributed by atoms with Crippen molar-refractivity contribution in [1.29, 1.82) is 0 Å². The largest absolute Gasteiger partial charge is 0.392 e. The van der Waals surface area contributed by atoms with Crippen LogP contribution in [-0.2, 0) is 11.2 Å². The molecule has 0 radical (unpaired) electrons. The zero-order chi connectivity index (χ0) is 14.5. The molecule has 1 heterocycles. The monoisotopic (exact) mass is 275 g/mol. The Kier molecular flexibility index (Phi) is 4.47. The SMILES string of the molecule is CC(O)CNC(=O)CCc1nc2ccccc2c(=O)[nH]1. The normalized spacial score (nSPS) is 12.3. The van der Waals surface area contributed by atoms with Crippen LogP contribution in [0.4, 0.5) is 0 Å². The summed E-state index contributed by atoms with van der Waals surface area (Å²) in [6.07, 6.45) is -0.00255. The predicted molar refractivity (Wildman–Crippen MR) is 75.4 cm³/mol. The van der Waals surface area contributed by atoms with Crippen molar-refractivity contribution in [2.75, 3.05) is 6.54 Å². The molecule has 2 rings (SSSR count). The van der Waals surface area contributed by atoms with Gasteiger partial charge in [-0.3, -0.25) is 9.59 Å². The van der Waals surface area contributed by atoms with E-state index >= 15 is 0 Å². The standard InChI is InChI=1S/C14H17N3O3/c1-9(18)8-15-13(19)7-6-12-16-11-5-3-2-4-10(11)14(20)17-12/h2-5,9,18H,6-8H2,1H3,(H,15,19)(H,16,17,20). The molecule has 20 heavy (non-hydrogen) atoms. The molecule has 1 unspecified atom stereocenters. The number of rotatable bonds is 5. The van der Waals surface area contributed by atoms with Gasteiger partial charge in [0.05, 0.1) is 17.0 Å². The zero-order valence-electron chi connectivity index (χ0n) is 11.2. The molecule has 106 valence electrons. The molecule has 1 aromatic heterocycles. The summed E-state index contributed by atoms with van der Waals surface area (Å²) in [5.74, 6) is 0.308. The van der Waals surface area contributed by atoms with Gasteiger partial charge in [-0.15, -0.1) is 0 Å². The van der Waals surface area contributed by atoms with Crippen molar-refractivity contribution in [3.8, 4) is 0 Å². The number of aryl methyl sites for hydroxylation is 1. The molecule has 0 spiro atoms. The summed E-state index contributed by atoms with van der Waals surface area (Å²) in [7, 11) is 0. The molecule has 6 nitrogen and oxygen atoms in total. The average molecular weight is 275 g/mol. The Hall–Kier alpha value is -2.21. The van der Waals surface area contributed by atoms with Crippen LogP contribution in [0.3, 0.4) is 0 Å². The predicted octanol–water partition coefficient (Wildman–Crippen LogP) is 0.353. The molecule has 1 amide bonds. The van der Waals surface area contributed by atoms with Crippen molar-refractivity contribution in [3.63, 3.8) is 0 Å². The number of hydrogen-bond donors (Lipinski definition) is 3. The van der Waals surface area contributed by atoms with Crippen molar-refractivity contribution in [2.24, 2.45) is 0 Å². The quantitative estimate of drug-likeness (QED) is 0.734. The molecule has 0 bridgehead atoms. The van der Waals surface area contributed by atoms with E-state index in [0.29, 0.717) is 23.1 Å². The molecule has 0 aliphatic carbocycles. The highest BCUT2D eigenvalue weighted by Gasteiger charge is 2.07. The lowest BCUT2D eigenvalue weighted by Gasteiger charge is -2.07. The third-order valence-corrected chi connectivity index (χ3v) is 2.85. The van der Waals surface area contributed by atoms with Gasteiger partial charge in [-0.2, -0.15) is 0 Å². The summed E-state index contributed by atoms with van der Waals surface area (Å²) < 4.78 is 0. The summed E-state index contributed by atoms with van der Waals surface area (Å²) in [5, 5.41) is 12.2. The molecule has 0 fully saturated rings. The zero-order valence-corrected chi connectivity index (χ0v) is 11.2. The number of carbonyl (C=O) groups is 1. The number of aliphatic hydroxyl groups is 1. The van der Waals surface area contributed by atoms with E-state index in [1.54, 1.807) is 25.1 Å². The molecule has 0 aliphatic rings. The van der Waals surface area contributed by atoms with E-state index < -0.39 is 6.10 Å². The smallest absolute Gasteiger partial charge is 0.258 e. The second-order valence-electron chi connectivity index (χ2n) is 4.68. The lowest BCUT2D eigenvalue weighted by Crippen LogP contribution is -2.30. The van der Waals surface area contributed by atoms with Crippen molar-refractivity contribution in [2.45, 2.75) is 25.9 Å². The van der Waals surface area contributed by atoms with E-state index in [1.807, 2.05) is 6.07 Å². The first-order valence-corrected chi connectivity index (χ1v) is 6.49. The van der Waals surface area contributed by atoms with Crippen LogP contribution in [0.1, 0.15) is 19.2 Å². The van der Waals surface area contributed by atoms with Gasteiger partial charge in [0.25, 0.3) is 5.56 Å². The second kappa shape index (κ2) is 6.29. The van der Waals surface area contributed by atoms with E-state index in [4.69, 9.17) is 5.11 Å². The highest BCUT2D eigenvalue weighted by atomic mass is 16.3. The van der Waals surface area contributed by atoms with Crippen LogP contribution in [0.5, 0.6) is 0 Å². The molecular formula is C14H17N3O3. The first-order valence-electron chi connectivity index (χ1n) is 6.49. The number of para-hydroxylation sites is 1. The second-order valence-corrected chi connectivity index (χ2v) is 4.68. The molecule has 1 aromatic carbocycles. The van der Waals surface area contributed by atoms with Crippen molar-refractivity contribution < 1.29 is 9.90 Å². The highest BCUT2D eigenvalue weighted by Crippen LogP contribution is 2.06. The molecule has 0 saturated heterocycles. The number of hydrogen-bond acceptors (Lipinski definition) is 4. The van der Waals surface area contributed by atoms with Crippen LogP contribution in [0, 0.1) is 0 Å². The van der Waals surface area contributed by atoms with E-state index in [9.17, 15) is 9.59 Å². The summed E-state index contributed by atoms with van der Waals surface area (Å²) >= 11 is 0. The maximum atomic E-state index is 11.8. The summed E-state index contributed by atoms with van der Waals surface area (Å²) in [4.78, 5) is 30.4. The molecule has 6 heteroatoms. The van der Waals surface area contributed by atoms with Crippen LogP contribution in [0.15, 0.2) is 29.1 Å². The van der Waals surface area contributed by atoms with Crippen molar-refractivity contribution in [1.82, 2.24) is 15.3 Å². The molecule has 0 aliphatic heterocycles. The summed E-state index contributed by atoms with van der Waals surface area (Å²) in [5.41, 5.74) is 0.422. The summed E-state index contributed by atoms with van der Waals surface area (Å²) in [6.45, 7) is 1.82. The Labute approximate surface area is 115 Å². The number of fused-ring (bicyclic) bond motifs is 1. The van der Waals surface area contributed by atoms with Gasteiger partial charge < -0.3 is 15.4 Å². The molecule has 2 aromatic rings. The van der Waals surface area contributed by atoms with E-state index in [0.717, 1.165) is 0 Å². The number of benzene rings is 1. The number of aromatic nitrogens is 2. The maximum Gasteiger partial charge on any atom is 0.258 e.